The average molecular weight is 283 g/mol. The monoisotopic (exact) mass is 282 g/mol. The van der Waals surface area contributed by atoms with Gasteiger partial charge in [0.25, 0.3) is 0 Å². The van der Waals surface area contributed by atoms with E-state index in [9.17, 15) is 18.3 Å². The Kier molecular flexibility index (Phi) is 5.91. The highest BCUT2D eigenvalue weighted by molar-refractivity contribution is 6.30. The van der Waals surface area contributed by atoms with Gasteiger partial charge in [0.2, 0.25) is 0 Å². The highest BCUT2D eigenvalue weighted by Gasteiger charge is 2.27. The van der Waals surface area contributed by atoms with Crippen LogP contribution in [0.15, 0.2) is 24.3 Å². The fourth-order valence-corrected chi connectivity index (χ4v) is 1.53. The number of ether oxygens (including phenoxy) is 1. The van der Waals surface area contributed by atoms with Crippen molar-refractivity contribution in [2.45, 2.75) is 25.1 Å². The summed E-state index contributed by atoms with van der Waals surface area (Å²) in [6, 6.07) is 6.93. The van der Waals surface area contributed by atoms with Crippen molar-refractivity contribution < 1.29 is 23.0 Å². The number of halogens is 4. The number of aliphatic hydroxyl groups is 1. The predicted molar refractivity (Wildman–Crippen MR) is 62.7 cm³/mol. The Hall–Kier alpha value is -0.780. The fraction of sp³-hybridized carbons (Fsp3) is 0.500. The molecule has 0 amide bonds. The molecule has 0 aliphatic carbocycles. The standard InChI is InChI=1S/C12H14ClF3O2/c13-10-3-1-9(2-4-10)7-11(17)5-6-18-8-12(14,15)16/h1-4,11,17H,5-8H2. The van der Waals surface area contributed by atoms with Crippen LogP contribution in [0.3, 0.4) is 0 Å². The van der Waals surface area contributed by atoms with Crippen LogP contribution >= 0.6 is 11.6 Å². The second kappa shape index (κ2) is 6.97. The van der Waals surface area contributed by atoms with E-state index in [1.54, 1.807) is 24.3 Å². The summed E-state index contributed by atoms with van der Waals surface area (Å²) in [5, 5.41) is 10.2. The molecule has 0 aliphatic heterocycles. The lowest BCUT2D eigenvalue weighted by atomic mass is 10.1. The third-order valence-electron chi connectivity index (χ3n) is 2.25. The molecule has 2 nitrogen and oxygen atoms in total. The smallest absolute Gasteiger partial charge is 0.393 e. The highest BCUT2D eigenvalue weighted by atomic mass is 35.5. The molecular formula is C12H14ClF3O2. The van der Waals surface area contributed by atoms with E-state index in [1.165, 1.54) is 0 Å². The third-order valence-corrected chi connectivity index (χ3v) is 2.50. The van der Waals surface area contributed by atoms with Gasteiger partial charge in [0.05, 0.1) is 6.10 Å². The summed E-state index contributed by atoms with van der Waals surface area (Å²) >= 11 is 5.70. The molecule has 0 saturated carbocycles. The molecule has 1 N–H and O–H groups in total. The summed E-state index contributed by atoms with van der Waals surface area (Å²) in [7, 11) is 0. The minimum atomic E-state index is -4.32. The highest BCUT2D eigenvalue weighted by Crippen LogP contribution is 2.15. The maximum absolute atomic E-state index is 11.8. The summed E-state index contributed by atoms with van der Waals surface area (Å²) in [5.41, 5.74) is 0.878. The summed E-state index contributed by atoms with van der Waals surface area (Å²) < 4.78 is 39.7. The molecule has 1 atom stereocenters. The molecule has 1 aromatic rings. The minimum Gasteiger partial charge on any atom is -0.393 e. The number of benzene rings is 1. The Balaban J connectivity index is 2.21. The number of hydrogen-bond acceptors (Lipinski definition) is 2. The maximum Gasteiger partial charge on any atom is 0.411 e. The predicted octanol–water partition coefficient (Wildman–Crippen LogP) is 3.21. The van der Waals surface area contributed by atoms with Crippen molar-refractivity contribution >= 4 is 11.6 Å². The first kappa shape index (κ1) is 15.3. The van der Waals surface area contributed by atoms with Crippen LogP contribution in [-0.2, 0) is 11.2 Å². The number of rotatable bonds is 6. The lowest BCUT2D eigenvalue weighted by molar-refractivity contribution is -0.175. The van der Waals surface area contributed by atoms with E-state index in [0.717, 1.165) is 5.56 Å². The van der Waals surface area contributed by atoms with Gasteiger partial charge >= 0.3 is 6.18 Å². The first-order valence-corrected chi connectivity index (χ1v) is 5.81. The minimum absolute atomic E-state index is 0.117. The molecule has 102 valence electrons. The van der Waals surface area contributed by atoms with E-state index in [0.29, 0.717) is 11.4 Å². The van der Waals surface area contributed by atoms with Crippen LogP contribution in [0.2, 0.25) is 5.02 Å². The van der Waals surface area contributed by atoms with Gasteiger partial charge in [-0.1, -0.05) is 23.7 Å². The van der Waals surface area contributed by atoms with Crippen molar-refractivity contribution in [3.63, 3.8) is 0 Å². The van der Waals surface area contributed by atoms with Gasteiger partial charge in [-0.15, -0.1) is 0 Å². The molecule has 1 unspecified atom stereocenters. The van der Waals surface area contributed by atoms with Gasteiger partial charge in [-0.25, -0.2) is 0 Å². The summed E-state index contributed by atoms with van der Waals surface area (Å²) in [5.74, 6) is 0. The zero-order chi connectivity index (χ0) is 13.6. The topological polar surface area (TPSA) is 29.5 Å². The maximum atomic E-state index is 11.8. The molecule has 0 aliphatic rings. The van der Waals surface area contributed by atoms with Crippen LogP contribution in [0.4, 0.5) is 13.2 Å². The molecule has 6 heteroatoms. The Bertz CT molecular complexity index is 351. The lowest BCUT2D eigenvalue weighted by Gasteiger charge is -2.12. The van der Waals surface area contributed by atoms with E-state index in [-0.39, 0.29) is 13.0 Å². The van der Waals surface area contributed by atoms with E-state index < -0.39 is 18.9 Å². The molecule has 0 saturated heterocycles. The molecule has 18 heavy (non-hydrogen) atoms. The Morgan fingerprint density at radius 2 is 1.83 bits per heavy atom. The van der Waals surface area contributed by atoms with Crippen molar-refractivity contribution in [2.24, 2.45) is 0 Å². The largest absolute Gasteiger partial charge is 0.411 e. The van der Waals surface area contributed by atoms with Gasteiger partial charge < -0.3 is 9.84 Å². The molecule has 0 radical (unpaired) electrons. The van der Waals surface area contributed by atoms with Gasteiger partial charge in [-0.3, -0.25) is 0 Å². The van der Waals surface area contributed by atoms with Crippen molar-refractivity contribution in [3.8, 4) is 0 Å². The van der Waals surface area contributed by atoms with E-state index in [1.807, 2.05) is 0 Å². The summed E-state index contributed by atoms with van der Waals surface area (Å²) in [6.07, 6.45) is -4.51. The van der Waals surface area contributed by atoms with Crippen LogP contribution in [0, 0.1) is 0 Å². The lowest BCUT2D eigenvalue weighted by Crippen LogP contribution is -2.20. The Morgan fingerprint density at radius 1 is 1.22 bits per heavy atom. The zero-order valence-electron chi connectivity index (χ0n) is 9.58. The van der Waals surface area contributed by atoms with Crippen molar-refractivity contribution in [1.82, 2.24) is 0 Å². The number of alkyl halides is 3. The van der Waals surface area contributed by atoms with Gasteiger partial charge in [0.1, 0.15) is 6.61 Å². The van der Waals surface area contributed by atoms with Crippen LogP contribution in [0.1, 0.15) is 12.0 Å². The number of aliphatic hydroxyl groups excluding tert-OH is 1. The SMILES string of the molecule is OC(CCOCC(F)(F)F)Cc1ccc(Cl)cc1. The van der Waals surface area contributed by atoms with Gasteiger partial charge in [0, 0.05) is 11.6 Å². The Morgan fingerprint density at radius 3 is 2.39 bits per heavy atom. The molecule has 0 aromatic heterocycles. The van der Waals surface area contributed by atoms with Crippen molar-refractivity contribution in [2.75, 3.05) is 13.2 Å². The molecule has 0 fully saturated rings. The summed E-state index contributed by atoms with van der Waals surface area (Å²) in [4.78, 5) is 0. The second-order valence-electron chi connectivity index (χ2n) is 3.94. The van der Waals surface area contributed by atoms with Crippen LogP contribution in [-0.4, -0.2) is 30.6 Å². The Labute approximate surface area is 108 Å². The van der Waals surface area contributed by atoms with Gasteiger partial charge in [-0.05, 0) is 30.5 Å². The van der Waals surface area contributed by atoms with E-state index in [4.69, 9.17) is 11.6 Å². The number of hydrogen-bond donors (Lipinski definition) is 1. The van der Waals surface area contributed by atoms with Crippen LogP contribution < -0.4 is 0 Å². The van der Waals surface area contributed by atoms with E-state index >= 15 is 0 Å². The molecule has 1 aromatic carbocycles. The zero-order valence-corrected chi connectivity index (χ0v) is 10.3. The third kappa shape index (κ3) is 6.83. The van der Waals surface area contributed by atoms with E-state index in [2.05, 4.69) is 4.74 Å². The van der Waals surface area contributed by atoms with Crippen molar-refractivity contribution in [1.29, 1.82) is 0 Å². The molecule has 0 spiro atoms. The average Bonchev–Trinajstić information content (AvgIpc) is 2.26. The second-order valence-corrected chi connectivity index (χ2v) is 4.38. The normalized spacial score (nSPS) is 13.6. The summed E-state index contributed by atoms with van der Waals surface area (Å²) in [6.45, 7) is -1.39. The van der Waals surface area contributed by atoms with Crippen LogP contribution in [0.5, 0.6) is 0 Å². The molecular weight excluding hydrogens is 269 g/mol. The van der Waals surface area contributed by atoms with Crippen molar-refractivity contribution in [3.05, 3.63) is 34.9 Å². The van der Waals surface area contributed by atoms with Gasteiger partial charge in [0.15, 0.2) is 0 Å². The molecule has 0 heterocycles. The van der Waals surface area contributed by atoms with Gasteiger partial charge in [-0.2, -0.15) is 13.2 Å². The first-order valence-electron chi connectivity index (χ1n) is 5.44. The fourth-order valence-electron chi connectivity index (χ4n) is 1.40. The molecule has 1 rings (SSSR count). The van der Waals surface area contributed by atoms with Crippen LogP contribution in [0.25, 0.3) is 0 Å². The molecule has 0 bridgehead atoms. The quantitative estimate of drug-likeness (QED) is 0.812. The first-order chi connectivity index (χ1) is 8.37.